The van der Waals surface area contributed by atoms with Crippen molar-refractivity contribution in [1.29, 1.82) is 0 Å². The lowest BCUT2D eigenvalue weighted by atomic mass is 11.4. The summed E-state index contributed by atoms with van der Waals surface area (Å²) in [5, 5.41) is 10.4. The van der Waals surface area contributed by atoms with Crippen molar-refractivity contribution in [1.82, 2.24) is 26.6 Å². The van der Waals surface area contributed by atoms with E-state index in [4.69, 9.17) is 11.8 Å². The number of rotatable bonds is 4. The Hall–Kier alpha value is -0.610. The highest BCUT2D eigenvalue weighted by Crippen LogP contribution is 1.86. The van der Waals surface area contributed by atoms with Crippen LogP contribution in [-0.2, 0) is 0 Å². The zero-order valence-electron chi connectivity index (χ0n) is 5.01. The van der Waals surface area contributed by atoms with Gasteiger partial charge >= 0.3 is 5.16 Å². The van der Waals surface area contributed by atoms with E-state index in [9.17, 15) is 0 Å². The van der Waals surface area contributed by atoms with Crippen LogP contribution in [0.1, 0.15) is 0 Å². The minimum absolute atomic E-state index is 0.244. The zero-order chi connectivity index (χ0) is 8.10. The molecule has 11 heavy (non-hydrogen) atoms. The summed E-state index contributed by atoms with van der Waals surface area (Å²) < 4.78 is 0. The van der Waals surface area contributed by atoms with Gasteiger partial charge in [0.1, 0.15) is 0 Å². The third-order valence-electron chi connectivity index (χ3n) is 0.675. The number of hydrogen-bond donors (Lipinski definition) is 3. The minimum atomic E-state index is 0.244. The quantitative estimate of drug-likeness (QED) is 0.237. The van der Waals surface area contributed by atoms with Crippen molar-refractivity contribution >= 4 is 24.4 Å². The number of hydrogen-bond acceptors (Lipinski definition) is 5. The highest BCUT2D eigenvalue weighted by atomic mass is 35.5. The number of tetrazole rings is 1. The van der Waals surface area contributed by atoms with Crippen molar-refractivity contribution < 1.29 is 4.79 Å². The van der Waals surface area contributed by atoms with Gasteiger partial charge in [-0.25, -0.2) is 4.79 Å². The van der Waals surface area contributed by atoms with Gasteiger partial charge in [-0.15, -0.1) is 0 Å². The molecule has 2 N–H and O–H groups in total. The van der Waals surface area contributed by atoms with E-state index in [2.05, 4.69) is 49.7 Å². The lowest BCUT2D eigenvalue weighted by molar-refractivity contribution is -0.732. The molecular formula is CH3ClN8S-2. The predicted molar refractivity (Wildman–Crippen MR) is 37.0 cm³/mol. The molecule has 0 aliphatic heterocycles. The van der Waals surface area contributed by atoms with Gasteiger partial charge in [0.15, 0.2) is 0 Å². The average Bonchev–Trinajstić information content (AvgIpc) is 2.37. The molecule has 0 fully saturated rings. The van der Waals surface area contributed by atoms with Crippen LogP contribution in [0.5, 0.6) is 0 Å². The highest BCUT2D eigenvalue weighted by Gasteiger charge is 1.96. The van der Waals surface area contributed by atoms with E-state index in [1.54, 1.807) is 0 Å². The van der Waals surface area contributed by atoms with Gasteiger partial charge < -0.3 is 16.0 Å². The van der Waals surface area contributed by atoms with Crippen LogP contribution in [-0.4, -0.2) is 10.3 Å². The van der Waals surface area contributed by atoms with Crippen LogP contribution >= 0.6 is 24.4 Å². The lowest BCUT2D eigenvalue weighted by Crippen LogP contribution is -2.43. The standard InChI is InChI=1S/CH3ClN8S/c2-4-6-7-9-10-1(11)3-5-8-10/h(H3-3,3,4,5,6,7,8,9,11)/q-2. The fraction of sp³-hybridized carbons (Fsp3) is 0. The van der Waals surface area contributed by atoms with Gasteiger partial charge in [0.2, 0.25) is 0 Å². The summed E-state index contributed by atoms with van der Waals surface area (Å²) in [6, 6.07) is 0. The number of thiol groups is 1. The van der Waals surface area contributed by atoms with Gasteiger partial charge in [0.05, 0.1) is 10.3 Å². The molecular weight excluding hydrogens is 192 g/mol. The fourth-order valence-electron chi connectivity index (χ4n) is 0.331. The monoisotopic (exact) mass is 194 g/mol. The molecule has 0 aliphatic rings. The Morgan fingerprint density at radius 2 is 2.45 bits per heavy atom. The van der Waals surface area contributed by atoms with Crippen molar-refractivity contribution in [2.45, 2.75) is 5.16 Å². The Bertz CT molecular complexity index is 210. The van der Waals surface area contributed by atoms with E-state index in [-0.39, 0.29) is 5.16 Å². The number of nitrogens with zero attached hydrogens (tertiary/aromatic N) is 6. The van der Waals surface area contributed by atoms with Crippen LogP contribution in [0, 0.1) is 0 Å². The molecule has 1 aromatic rings. The minimum Gasteiger partial charge on any atom is -0.496 e. The van der Waals surface area contributed by atoms with Gasteiger partial charge in [-0.05, 0) is 0 Å². The highest BCUT2D eigenvalue weighted by molar-refractivity contribution is 7.79. The van der Waals surface area contributed by atoms with Crippen LogP contribution in [0.2, 0.25) is 0 Å². The molecule has 0 amide bonds. The van der Waals surface area contributed by atoms with E-state index < -0.39 is 0 Å². The second-order valence-electron chi connectivity index (χ2n) is 1.28. The third kappa shape index (κ3) is 2.48. The SMILES string of the molecule is Sc1nn[n-][n+]1[N-]NN[N-]Cl. The van der Waals surface area contributed by atoms with Crippen molar-refractivity contribution in [3.05, 3.63) is 10.5 Å². The number of hydrazine groups is 1. The topological polar surface area (TPSA) is 96.0 Å². The van der Waals surface area contributed by atoms with Crippen molar-refractivity contribution in [3.8, 4) is 0 Å². The maximum Gasteiger partial charge on any atom is 0.334 e. The first kappa shape index (κ1) is 8.49. The molecule has 1 rings (SSSR count). The van der Waals surface area contributed by atoms with Gasteiger partial charge in [0, 0.05) is 0 Å². The summed E-state index contributed by atoms with van der Waals surface area (Å²) in [5.41, 5.74) is 7.88. The van der Waals surface area contributed by atoms with Crippen LogP contribution in [0.4, 0.5) is 0 Å². The molecule has 0 aromatic carbocycles. The molecule has 0 radical (unpaired) electrons. The summed E-state index contributed by atoms with van der Waals surface area (Å²) in [7, 11) is 0. The molecule has 0 unspecified atom stereocenters. The lowest BCUT2D eigenvalue weighted by Gasteiger charge is -2.20. The van der Waals surface area contributed by atoms with E-state index in [0.29, 0.717) is 0 Å². The average molecular weight is 195 g/mol. The van der Waals surface area contributed by atoms with Gasteiger partial charge in [-0.3, -0.25) is 17.3 Å². The van der Waals surface area contributed by atoms with Gasteiger partial charge in [0.25, 0.3) is 0 Å². The first-order valence-corrected chi connectivity index (χ1v) is 3.12. The van der Waals surface area contributed by atoms with Gasteiger partial charge in [-0.1, -0.05) is 12.6 Å². The molecule has 0 bridgehead atoms. The summed E-state index contributed by atoms with van der Waals surface area (Å²) in [6.07, 6.45) is 0. The molecule has 1 heterocycles. The molecule has 0 aliphatic carbocycles. The summed E-state index contributed by atoms with van der Waals surface area (Å²) in [6.45, 7) is 0. The third-order valence-corrected chi connectivity index (χ3v) is 1.03. The van der Waals surface area contributed by atoms with Crippen molar-refractivity contribution in [2.75, 3.05) is 0 Å². The normalized spacial score (nSPS) is 10.0. The molecule has 8 nitrogen and oxygen atoms in total. The summed E-state index contributed by atoms with van der Waals surface area (Å²) in [5.74, 6) is 0. The Morgan fingerprint density at radius 3 is 3.00 bits per heavy atom. The van der Waals surface area contributed by atoms with Crippen LogP contribution in [0.25, 0.3) is 10.5 Å². The van der Waals surface area contributed by atoms with E-state index >= 15 is 0 Å². The maximum atomic E-state index is 4.89. The van der Waals surface area contributed by atoms with Crippen LogP contribution < -0.4 is 21.1 Å². The van der Waals surface area contributed by atoms with Crippen LogP contribution in [0.3, 0.4) is 0 Å². The predicted octanol–water partition coefficient (Wildman–Crippen LogP) is -1.40. The first-order valence-electron chi connectivity index (χ1n) is 2.34. The second kappa shape index (κ2) is 4.31. The molecule has 0 spiro atoms. The molecule has 0 saturated carbocycles. The molecule has 0 atom stereocenters. The van der Waals surface area contributed by atoms with E-state index in [1.165, 1.54) is 0 Å². The molecule has 62 valence electrons. The maximum absolute atomic E-state index is 4.89. The largest absolute Gasteiger partial charge is 0.496 e. The Labute approximate surface area is 72.1 Å². The molecule has 10 heteroatoms. The van der Waals surface area contributed by atoms with Crippen molar-refractivity contribution in [2.24, 2.45) is 0 Å². The fourth-order valence-corrected chi connectivity index (χ4v) is 0.494. The van der Waals surface area contributed by atoms with Gasteiger partial charge in [-0.2, -0.15) is 5.21 Å². The summed E-state index contributed by atoms with van der Waals surface area (Å²) in [4.78, 5) is 4.02. The zero-order valence-corrected chi connectivity index (χ0v) is 6.66. The number of aromatic nitrogens is 4. The van der Waals surface area contributed by atoms with Crippen LogP contribution in [0.15, 0.2) is 5.16 Å². The number of halogens is 1. The van der Waals surface area contributed by atoms with E-state index in [0.717, 1.165) is 4.79 Å². The van der Waals surface area contributed by atoms with Crippen molar-refractivity contribution in [3.63, 3.8) is 0 Å². The van der Waals surface area contributed by atoms with E-state index in [1.807, 2.05) is 0 Å². The molecule has 0 saturated heterocycles. The summed E-state index contributed by atoms with van der Waals surface area (Å²) >= 11 is 8.75. The Balaban J connectivity index is 2.32. The molecule has 1 aromatic heterocycles. The Kier molecular flexibility index (Phi) is 3.32. The second-order valence-corrected chi connectivity index (χ2v) is 1.85. The number of nitrogens with one attached hydrogen (secondary N) is 2. The Morgan fingerprint density at radius 1 is 1.64 bits per heavy atom. The smallest absolute Gasteiger partial charge is 0.334 e. The first-order chi connectivity index (χ1) is 5.34.